The molecule has 0 spiro atoms. The SMILES string of the molecule is CCN(CC(=O)NC(C)(C)C)C(=O)c1ccc(S(=O)(=O)N(C)C)cc1. The highest BCUT2D eigenvalue weighted by molar-refractivity contribution is 7.89. The van der Waals surface area contributed by atoms with Crippen molar-refractivity contribution in [3.05, 3.63) is 29.8 Å². The lowest BCUT2D eigenvalue weighted by molar-refractivity contribution is -0.123. The predicted octanol–water partition coefficient (Wildman–Crippen LogP) is 1.31. The van der Waals surface area contributed by atoms with Crippen molar-refractivity contribution in [1.29, 1.82) is 0 Å². The zero-order valence-electron chi connectivity index (χ0n) is 15.7. The molecule has 140 valence electrons. The van der Waals surface area contributed by atoms with E-state index in [1.165, 1.54) is 43.3 Å². The third-order valence-electron chi connectivity index (χ3n) is 3.40. The van der Waals surface area contributed by atoms with Gasteiger partial charge in [0.2, 0.25) is 15.9 Å². The van der Waals surface area contributed by atoms with Gasteiger partial charge < -0.3 is 10.2 Å². The fraction of sp³-hybridized carbons (Fsp3) is 0.529. The molecule has 0 bridgehead atoms. The Labute approximate surface area is 150 Å². The molecule has 0 unspecified atom stereocenters. The van der Waals surface area contributed by atoms with Crippen LogP contribution in [0.25, 0.3) is 0 Å². The molecule has 0 aliphatic heterocycles. The summed E-state index contributed by atoms with van der Waals surface area (Å²) in [7, 11) is -0.649. The molecule has 0 saturated heterocycles. The lowest BCUT2D eigenvalue weighted by atomic mass is 10.1. The molecule has 0 radical (unpaired) electrons. The molecule has 0 aliphatic carbocycles. The maximum atomic E-state index is 12.6. The molecule has 2 amide bonds. The third kappa shape index (κ3) is 5.82. The van der Waals surface area contributed by atoms with Crippen molar-refractivity contribution in [3.8, 4) is 0 Å². The maximum absolute atomic E-state index is 12.6. The van der Waals surface area contributed by atoms with Gasteiger partial charge in [0.15, 0.2) is 0 Å². The minimum Gasteiger partial charge on any atom is -0.350 e. The molecule has 0 saturated carbocycles. The van der Waals surface area contributed by atoms with Gasteiger partial charge in [-0.05, 0) is 52.0 Å². The summed E-state index contributed by atoms with van der Waals surface area (Å²) >= 11 is 0. The van der Waals surface area contributed by atoms with Crippen LogP contribution >= 0.6 is 0 Å². The summed E-state index contributed by atoms with van der Waals surface area (Å²) in [5, 5.41) is 2.81. The van der Waals surface area contributed by atoms with Crippen molar-refractivity contribution < 1.29 is 18.0 Å². The Balaban J connectivity index is 2.92. The lowest BCUT2D eigenvalue weighted by Gasteiger charge is -2.25. The number of likely N-dealkylation sites (N-methyl/N-ethyl adjacent to an activating group) is 1. The van der Waals surface area contributed by atoms with Crippen LogP contribution in [0.4, 0.5) is 0 Å². The first-order valence-corrected chi connectivity index (χ1v) is 9.45. The zero-order chi connectivity index (χ0) is 19.4. The number of nitrogens with zero attached hydrogens (tertiary/aromatic N) is 2. The molecule has 0 aromatic heterocycles. The highest BCUT2D eigenvalue weighted by Gasteiger charge is 2.22. The van der Waals surface area contributed by atoms with Crippen molar-refractivity contribution in [2.24, 2.45) is 0 Å². The molecule has 0 heterocycles. The molecule has 1 aromatic rings. The van der Waals surface area contributed by atoms with Gasteiger partial charge in [0.1, 0.15) is 0 Å². The first kappa shape index (κ1) is 21.1. The molecule has 0 fully saturated rings. The van der Waals surface area contributed by atoms with Crippen molar-refractivity contribution >= 4 is 21.8 Å². The van der Waals surface area contributed by atoms with E-state index in [-0.39, 0.29) is 28.8 Å². The number of carbonyl (C=O) groups is 2. The van der Waals surface area contributed by atoms with E-state index < -0.39 is 10.0 Å². The minimum atomic E-state index is -3.54. The van der Waals surface area contributed by atoms with Gasteiger partial charge in [-0.3, -0.25) is 9.59 Å². The first-order valence-electron chi connectivity index (χ1n) is 8.01. The van der Waals surface area contributed by atoms with E-state index in [0.717, 1.165) is 4.31 Å². The Morgan fingerprint density at radius 3 is 2.00 bits per heavy atom. The number of amides is 2. The number of rotatable bonds is 6. The number of nitrogens with one attached hydrogen (secondary N) is 1. The summed E-state index contributed by atoms with van der Waals surface area (Å²) in [6.07, 6.45) is 0. The van der Waals surface area contributed by atoms with Gasteiger partial charge in [0, 0.05) is 31.7 Å². The van der Waals surface area contributed by atoms with Crippen molar-refractivity contribution in [2.45, 2.75) is 38.1 Å². The number of benzene rings is 1. The molecule has 8 heteroatoms. The van der Waals surface area contributed by atoms with Gasteiger partial charge in [-0.1, -0.05) is 0 Å². The average molecular weight is 369 g/mol. The largest absolute Gasteiger partial charge is 0.350 e. The molecule has 1 N–H and O–H groups in total. The van der Waals surface area contributed by atoms with Crippen molar-refractivity contribution in [2.75, 3.05) is 27.2 Å². The van der Waals surface area contributed by atoms with Crippen LogP contribution in [0.2, 0.25) is 0 Å². The Morgan fingerprint density at radius 1 is 1.08 bits per heavy atom. The van der Waals surface area contributed by atoms with Gasteiger partial charge in [-0.2, -0.15) is 0 Å². The summed E-state index contributed by atoms with van der Waals surface area (Å²) in [5.41, 5.74) is -0.0371. The fourth-order valence-corrected chi connectivity index (χ4v) is 3.02. The quantitative estimate of drug-likeness (QED) is 0.819. The highest BCUT2D eigenvalue weighted by atomic mass is 32.2. The Bertz CT molecular complexity index is 719. The van der Waals surface area contributed by atoms with Gasteiger partial charge in [-0.25, -0.2) is 12.7 Å². The first-order chi connectivity index (χ1) is 11.4. The number of hydrogen-bond donors (Lipinski definition) is 1. The highest BCUT2D eigenvalue weighted by Crippen LogP contribution is 2.15. The van der Waals surface area contributed by atoms with E-state index >= 15 is 0 Å². The molecule has 1 aromatic carbocycles. The summed E-state index contributed by atoms with van der Waals surface area (Å²) in [4.78, 5) is 26.1. The number of hydrogen-bond acceptors (Lipinski definition) is 4. The van der Waals surface area contributed by atoms with E-state index in [1.807, 2.05) is 20.8 Å². The topological polar surface area (TPSA) is 86.8 Å². The molecule has 25 heavy (non-hydrogen) atoms. The molecule has 1 rings (SSSR count). The second-order valence-corrected chi connectivity index (χ2v) is 9.08. The van der Waals surface area contributed by atoms with E-state index in [4.69, 9.17) is 0 Å². The second kappa shape index (κ2) is 7.97. The number of carbonyl (C=O) groups excluding carboxylic acids is 2. The van der Waals surface area contributed by atoms with Crippen LogP contribution in [0.5, 0.6) is 0 Å². The molecule has 0 aliphatic rings. The van der Waals surface area contributed by atoms with Crippen LogP contribution in [0.3, 0.4) is 0 Å². The van der Waals surface area contributed by atoms with Crippen LogP contribution < -0.4 is 5.32 Å². The second-order valence-electron chi connectivity index (χ2n) is 6.93. The molecule has 7 nitrogen and oxygen atoms in total. The zero-order valence-corrected chi connectivity index (χ0v) is 16.5. The van der Waals surface area contributed by atoms with E-state index in [0.29, 0.717) is 12.1 Å². The predicted molar refractivity (Wildman–Crippen MR) is 96.8 cm³/mol. The Morgan fingerprint density at radius 2 is 1.60 bits per heavy atom. The smallest absolute Gasteiger partial charge is 0.254 e. The van der Waals surface area contributed by atoms with E-state index in [9.17, 15) is 18.0 Å². The summed E-state index contributed by atoms with van der Waals surface area (Å²) in [6, 6.07) is 5.71. The summed E-state index contributed by atoms with van der Waals surface area (Å²) in [5.74, 6) is -0.560. The van der Waals surface area contributed by atoms with Crippen LogP contribution in [-0.2, 0) is 14.8 Å². The van der Waals surface area contributed by atoms with Crippen LogP contribution in [0.15, 0.2) is 29.2 Å². The third-order valence-corrected chi connectivity index (χ3v) is 5.23. The van der Waals surface area contributed by atoms with Gasteiger partial charge in [-0.15, -0.1) is 0 Å². The number of sulfonamides is 1. The Hall–Kier alpha value is -1.93. The van der Waals surface area contributed by atoms with Crippen LogP contribution in [-0.4, -0.2) is 62.2 Å². The van der Waals surface area contributed by atoms with E-state index in [1.54, 1.807) is 6.92 Å². The summed E-state index contributed by atoms with van der Waals surface area (Å²) in [6.45, 7) is 7.71. The van der Waals surface area contributed by atoms with Gasteiger partial charge in [0.05, 0.1) is 11.4 Å². The Kier molecular flexibility index (Phi) is 6.73. The molecular formula is C17H27N3O4S. The lowest BCUT2D eigenvalue weighted by Crippen LogP contribution is -2.47. The monoisotopic (exact) mass is 369 g/mol. The van der Waals surface area contributed by atoms with Crippen LogP contribution in [0, 0.1) is 0 Å². The normalized spacial score (nSPS) is 12.1. The maximum Gasteiger partial charge on any atom is 0.254 e. The van der Waals surface area contributed by atoms with Gasteiger partial charge >= 0.3 is 0 Å². The van der Waals surface area contributed by atoms with Crippen LogP contribution in [0.1, 0.15) is 38.1 Å². The van der Waals surface area contributed by atoms with Gasteiger partial charge in [0.25, 0.3) is 5.91 Å². The standard InChI is InChI=1S/C17H27N3O4S/c1-7-20(12-15(21)18-17(2,3)4)16(22)13-8-10-14(11-9-13)25(23,24)19(5)6/h8-11H,7,12H2,1-6H3,(H,18,21). The average Bonchev–Trinajstić information content (AvgIpc) is 2.50. The van der Waals surface area contributed by atoms with E-state index in [2.05, 4.69) is 5.32 Å². The minimum absolute atomic E-state index is 0.0512. The summed E-state index contributed by atoms with van der Waals surface area (Å²) < 4.78 is 25.2. The molecule has 0 atom stereocenters. The van der Waals surface area contributed by atoms with Crippen molar-refractivity contribution in [1.82, 2.24) is 14.5 Å². The fourth-order valence-electron chi connectivity index (χ4n) is 2.12. The van der Waals surface area contributed by atoms with Crippen molar-refractivity contribution in [3.63, 3.8) is 0 Å². The molecular weight excluding hydrogens is 342 g/mol.